The van der Waals surface area contributed by atoms with Crippen molar-refractivity contribution in [3.63, 3.8) is 0 Å². The van der Waals surface area contributed by atoms with Gasteiger partial charge in [0.25, 0.3) is 0 Å². The molecule has 2 rings (SSSR count). The van der Waals surface area contributed by atoms with E-state index in [-0.39, 0.29) is 17.1 Å². The minimum absolute atomic E-state index is 0.0459. The predicted octanol–water partition coefficient (Wildman–Crippen LogP) is 2.59. The largest absolute Gasteiger partial charge is 0.435 e. The van der Waals surface area contributed by atoms with Gasteiger partial charge in [-0.25, -0.2) is 4.52 Å². The first kappa shape index (κ1) is 12.6. The van der Waals surface area contributed by atoms with Crippen molar-refractivity contribution in [2.45, 2.75) is 12.1 Å². The van der Waals surface area contributed by atoms with Gasteiger partial charge in [0.2, 0.25) is 0 Å². The number of rotatable bonds is 2. The Labute approximate surface area is 105 Å². The summed E-state index contributed by atoms with van der Waals surface area (Å²) in [7, 11) is 0. The van der Waals surface area contributed by atoms with E-state index in [2.05, 4.69) is 10.1 Å². The molecule has 0 spiro atoms. The molecule has 2 heterocycles. The zero-order chi connectivity index (χ0) is 13.3. The zero-order valence-corrected chi connectivity index (χ0v) is 9.57. The van der Waals surface area contributed by atoms with Crippen LogP contribution >= 0.6 is 11.6 Å². The lowest BCUT2D eigenvalue weighted by Crippen LogP contribution is -2.05. The molecule has 1 unspecified atom stereocenters. The third kappa shape index (κ3) is 2.11. The Morgan fingerprint density at radius 3 is 2.78 bits per heavy atom. The summed E-state index contributed by atoms with van der Waals surface area (Å²) in [5.74, 6) is -0.816. The first-order valence-electron chi connectivity index (χ1n) is 4.84. The maximum atomic E-state index is 12.5. The SMILES string of the molecule is N#CC(CCl)c1nccn2nc(C(F)(F)F)cc12. The molecule has 2 aromatic heterocycles. The van der Waals surface area contributed by atoms with Gasteiger partial charge in [0.15, 0.2) is 5.69 Å². The second-order valence-corrected chi connectivity index (χ2v) is 3.81. The molecule has 0 radical (unpaired) electrons. The predicted molar refractivity (Wildman–Crippen MR) is 57.1 cm³/mol. The topological polar surface area (TPSA) is 54.0 Å². The van der Waals surface area contributed by atoms with Crippen molar-refractivity contribution in [3.8, 4) is 6.07 Å². The molecule has 0 aliphatic heterocycles. The Morgan fingerprint density at radius 1 is 1.50 bits per heavy atom. The molecule has 2 aromatic rings. The molecule has 0 aromatic carbocycles. The minimum atomic E-state index is -4.54. The molecule has 0 bridgehead atoms. The molecule has 0 fully saturated rings. The van der Waals surface area contributed by atoms with Gasteiger partial charge in [-0.15, -0.1) is 11.6 Å². The number of alkyl halides is 4. The standard InChI is InChI=1S/C10H6ClF3N4/c11-4-6(5-15)9-7-3-8(10(12,13)14)17-18(7)2-1-16-9/h1-3,6H,4H2. The quantitative estimate of drug-likeness (QED) is 0.791. The summed E-state index contributed by atoms with van der Waals surface area (Å²) in [6, 6.07) is 2.75. The Morgan fingerprint density at radius 2 is 2.22 bits per heavy atom. The highest BCUT2D eigenvalue weighted by Gasteiger charge is 2.34. The Hall–Kier alpha value is -1.81. The van der Waals surface area contributed by atoms with Gasteiger partial charge in [-0.05, 0) is 6.07 Å². The van der Waals surface area contributed by atoms with Crippen LogP contribution in [0.15, 0.2) is 18.5 Å². The number of nitriles is 1. The fraction of sp³-hybridized carbons (Fsp3) is 0.300. The summed E-state index contributed by atoms with van der Waals surface area (Å²) in [5.41, 5.74) is -0.696. The lowest BCUT2D eigenvalue weighted by atomic mass is 10.1. The number of fused-ring (bicyclic) bond motifs is 1. The van der Waals surface area contributed by atoms with Gasteiger partial charge in [0, 0.05) is 18.3 Å². The van der Waals surface area contributed by atoms with Crippen LogP contribution in [-0.2, 0) is 6.18 Å². The van der Waals surface area contributed by atoms with E-state index in [9.17, 15) is 13.2 Å². The van der Waals surface area contributed by atoms with E-state index < -0.39 is 17.8 Å². The van der Waals surface area contributed by atoms with Crippen molar-refractivity contribution in [1.29, 1.82) is 5.26 Å². The maximum Gasteiger partial charge on any atom is 0.435 e. The van der Waals surface area contributed by atoms with Crippen LogP contribution in [0.2, 0.25) is 0 Å². The molecule has 0 saturated heterocycles. The van der Waals surface area contributed by atoms with Crippen LogP contribution in [0, 0.1) is 11.3 Å². The first-order valence-corrected chi connectivity index (χ1v) is 5.38. The lowest BCUT2D eigenvalue weighted by molar-refractivity contribution is -0.141. The second-order valence-electron chi connectivity index (χ2n) is 3.51. The van der Waals surface area contributed by atoms with Gasteiger partial charge in [-0.3, -0.25) is 4.98 Å². The highest BCUT2D eigenvalue weighted by molar-refractivity contribution is 6.18. The lowest BCUT2D eigenvalue weighted by Gasteiger charge is -2.05. The Balaban J connectivity index is 2.63. The summed E-state index contributed by atoms with van der Waals surface area (Å²) < 4.78 is 38.6. The zero-order valence-electron chi connectivity index (χ0n) is 8.82. The molecule has 8 heteroatoms. The monoisotopic (exact) mass is 274 g/mol. The van der Waals surface area contributed by atoms with Crippen LogP contribution in [-0.4, -0.2) is 20.5 Å². The van der Waals surface area contributed by atoms with Crippen LogP contribution in [0.5, 0.6) is 0 Å². The molecule has 0 amide bonds. The van der Waals surface area contributed by atoms with Crippen LogP contribution in [0.1, 0.15) is 17.3 Å². The molecule has 18 heavy (non-hydrogen) atoms. The van der Waals surface area contributed by atoms with Crippen molar-refractivity contribution in [3.05, 3.63) is 29.8 Å². The fourth-order valence-corrected chi connectivity index (χ4v) is 1.73. The minimum Gasteiger partial charge on any atom is -0.256 e. The van der Waals surface area contributed by atoms with Crippen LogP contribution in [0.25, 0.3) is 5.52 Å². The molecular weight excluding hydrogens is 269 g/mol. The summed E-state index contributed by atoms with van der Waals surface area (Å²) >= 11 is 5.58. The van der Waals surface area contributed by atoms with E-state index in [0.29, 0.717) is 0 Å². The summed E-state index contributed by atoms with van der Waals surface area (Å²) in [6.07, 6.45) is -1.96. The average molecular weight is 275 g/mol. The number of hydrogen-bond acceptors (Lipinski definition) is 3. The van der Waals surface area contributed by atoms with Crippen molar-refractivity contribution in [1.82, 2.24) is 14.6 Å². The summed E-state index contributed by atoms with van der Waals surface area (Å²) in [5, 5.41) is 12.3. The average Bonchev–Trinajstić information content (AvgIpc) is 2.75. The molecule has 0 N–H and O–H groups in total. The van der Waals surface area contributed by atoms with E-state index in [1.165, 1.54) is 12.4 Å². The van der Waals surface area contributed by atoms with Gasteiger partial charge in [-0.2, -0.15) is 23.5 Å². The molecular formula is C10H6ClF3N4. The fourth-order valence-electron chi connectivity index (χ4n) is 1.52. The first-order chi connectivity index (χ1) is 8.47. The Kier molecular flexibility index (Phi) is 3.13. The number of hydrogen-bond donors (Lipinski definition) is 0. The number of aromatic nitrogens is 3. The normalized spacial score (nSPS) is 13.5. The van der Waals surface area contributed by atoms with Crippen LogP contribution < -0.4 is 0 Å². The molecule has 1 atom stereocenters. The van der Waals surface area contributed by atoms with Crippen molar-refractivity contribution in [2.75, 3.05) is 5.88 Å². The van der Waals surface area contributed by atoms with Crippen molar-refractivity contribution < 1.29 is 13.2 Å². The van der Waals surface area contributed by atoms with Gasteiger partial charge in [-0.1, -0.05) is 0 Å². The molecule has 94 valence electrons. The van der Waals surface area contributed by atoms with Crippen LogP contribution in [0.3, 0.4) is 0 Å². The number of halogens is 4. The van der Waals surface area contributed by atoms with Crippen molar-refractivity contribution >= 4 is 17.1 Å². The number of nitrogens with zero attached hydrogens (tertiary/aromatic N) is 4. The van der Waals surface area contributed by atoms with E-state index in [1.807, 2.05) is 6.07 Å². The smallest absolute Gasteiger partial charge is 0.256 e. The third-order valence-electron chi connectivity index (χ3n) is 2.35. The van der Waals surface area contributed by atoms with E-state index >= 15 is 0 Å². The maximum absolute atomic E-state index is 12.5. The molecule has 4 nitrogen and oxygen atoms in total. The molecule has 0 aliphatic carbocycles. The summed E-state index contributed by atoms with van der Waals surface area (Å²) in [4.78, 5) is 3.91. The van der Waals surface area contributed by atoms with E-state index in [0.717, 1.165) is 10.6 Å². The van der Waals surface area contributed by atoms with E-state index in [4.69, 9.17) is 16.9 Å². The van der Waals surface area contributed by atoms with Gasteiger partial charge < -0.3 is 0 Å². The van der Waals surface area contributed by atoms with Gasteiger partial charge in [0.05, 0.1) is 17.3 Å². The van der Waals surface area contributed by atoms with Crippen LogP contribution in [0.4, 0.5) is 13.2 Å². The van der Waals surface area contributed by atoms with Gasteiger partial charge in [0.1, 0.15) is 5.92 Å². The van der Waals surface area contributed by atoms with Gasteiger partial charge >= 0.3 is 6.18 Å². The highest BCUT2D eigenvalue weighted by Crippen LogP contribution is 2.30. The van der Waals surface area contributed by atoms with Crippen molar-refractivity contribution in [2.24, 2.45) is 0 Å². The molecule has 0 saturated carbocycles. The highest BCUT2D eigenvalue weighted by atomic mass is 35.5. The second kappa shape index (κ2) is 4.46. The summed E-state index contributed by atoms with van der Waals surface area (Å²) in [6.45, 7) is 0. The third-order valence-corrected chi connectivity index (χ3v) is 2.66. The molecule has 0 aliphatic rings. The Bertz CT molecular complexity index is 614. The van der Waals surface area contributed by atoms with E-state index in [1.54, 1.807) is 0 Å².